The summed E-state index contributed by atoms with van der Waals surface area (Å²) in [6.07, 6.45) is 0.988. The minimum atomic E-state index is 0.311. The van der Waals surface area contributed by atoms with E-state index < -0.39 is 0 Å². The van der Waals surface area contributed by atoms with Crippen molar-refractivity contribution in [2.24, 2.45) is 0 Å². The van der Waals surface area contributed by atoms with E-state index in [4.69, 9.17) is 0 Å². The maximum Gasteiger partial charge on any atom is 0.115 e. The zero-order valence-electron chi connectivity index (χ0n) is 11.9. The van der Waals surface area contributed by atoms with Crippen LogP contribution in [0.2, 0.25) is 0 Å². The maximum atomic E-state index is 9.49. The molecule has 1 aliphatic carbocycles. The van der Waals surface area contributed by atoms with Crippen molar-refractivity contribution in [2.45, 2.75) is 13.3 Å². The number of aromatic hydroxyl groups is 1. The lowest BCUT2D eigenvalue weighted by Crippen LogP contribution is -1.89. The second kappa shape index (κ2) is 4.49. The van der Waals surface area contributed by atoms with Crippen molar-refractivity contribution in [1.82, 2.24) is 0 Å². The lowest BCUT2D eigenvalue weighted by molar-refractivity contribution is 0.475. The van der Waals surface area contributed by atoms with Crippen molar-refractivity contribution < 1.29 is 5.11 Å². The predicted octanol–water partition coefficient (Wildman–Crippen LogP) is 4.94. The van der Waals surface area contributed by atoms with Crippen LogP contribution in [0.15, 0.2) is 60.7 Å². The molecule has 0 bridgehead atoms. The Hall–Kier alpha value is -2.54. The van der Waals surface area contributed by atoms with Crippen LogP contribution in [0.4, 0.5) is 0 Å². The van der Waals surface area contributed by atoms with Crippen LogP contribution in [0, 0.1) is 6.92 Å². The Kier molecular flexibility index (Phi) is 2.61. The summed E-state index contributed by atoms with van der Waals surface area (Å²) in [4.78, 5) is 0. The summed E-state index contributed by atoms with van der Waals surface area (Å²) in [6.45, 7) is 2.14. The van der Waals surface area contributed by atoms with E-state index in [-0.39, 0.29) is 0 Å². The zero-order chi connectivity index (χ0) is 14.4. The molecule has 1 aliphatic rings. The normalized spacial score (nSPS) is 12.0. The molecule has 0 saturated carbocycles. The summed E-state index contributed by atoms with van der Waals surface area (Å²) in [5, 5.41) is 9.49. The smallest absolute Gasteiger partial charge is 0.115 e. The van der Waals surface area contributed by atoms with E-state index in [1.165, 1.54) is 38.9 Å². The molecule has 0 fully saturated rings. The number of hydrogen-bond donors (Lipinski definition) is 1. The Labute approximate surface area is 124 Å². The molecule has 102 valence electrons. The molecular weight excluding hydrogens is 256 g/mol. The molecule has 1 heteroatoms. The van der Waals surface area contributed by atoms with Gasteiger partial charge in [0.25, 0.3) is 0 Å². The number of phenols is 1. The van der Waals surface area contributed by atoms with Gasteiger partial charge in [0.15, 0.2) is 0 Å². The predicted molar refractivity (Wildman–Crippen MR) is 86.5 cm³/mol. The molecule has 0 heterocycles. The topological polar surface area (TPSA) is 20.2 Å². The summed E-state index contributed by atoms with van der Waals surface area (Å²) in [5.41, 5.74) is 9.23. The summed E-state index contributed by atoms with van der Waals surface area (Å²) in [5.74, 6) is 0.311. The van der Waals surface area contributed by atoms with Gasteiger partial charge in [0.1, 0.15) is 5.75 Å². The van der Waals surface area contributed by atoms with Gasteiger partial charge in [-0.25, -0.2) is 0 Å². The van der Waals surface area contributed by atoms with Crippen LogP contribution in [0.25, 0.3) is 22.3 Å². The number of aryl methyl sites for hydroxylation is 1. The third kappa shape index (κ3) is 1.93. The summed E-state index contributed by atoms with van der Waals surface area (Å²) in [7, 11) is 0. The Morgan fingerprint density at radius 1 is 0.810 bits per heavy atom. The van der Waals surface area contributed by atoms with Crippen molar-refractivity contribution in [3.63, 3.8) is 0 Å². The van der Waals surface area contributed by atoms with Crippen LogP contribution in [0.3, 0.4) is 0 Å². The fourth-order valence-corrected chi connectivity index (χ4v) is 3.27. The lowest BCUT2D eigenvalue weighted by Gasteiger charge is -2.11. The van der Waals surface area contributed by atoms with Crippen molar-refractivity contribution in [2.75, 3.05) is 0 Å². The number of fused-ring (bicyclic) bond motifs is 3. The molecule has 21 heavy (non-hydrogen) atoms. The molecule has 0 spiro atoms. The first-order chi connectivity index (χ1) is 10.2. The van der Waals surface area contributed by atoms with E-state index >= 15 is 0 Å². The molecule has 1 nitrogen and oxygen atoms in total. The first-order valence-electron chi connectivity index (χ1n) is 7.23. The highest BCUT2D eigenvalue weighted by atomic mass is 16.3. The molecule has 3 aromatic rings. The molecule has 0 unspecified atom stereocenters. The second-order valence-electron chi connectivity index (χ2n) is 5.72. The monoisotopic (exact) mass is 272 g/mol. The van der Waals surface area contributed by atoms with E-state index in [0.717, 1.165) is 6.42 Å². The van der Waals surface area contributed by atoms with E-state index in [0.29, 0.717) is 5.75 Å². The van der Waals surface area contributed by atoms with Gasteiger partial charge in [0.05, 0.1) is 0 Å². The molecule has 0 aromatic heterocycles. The first kappa shape index (κ1) is 12.2. The van der Waals surface area contributed by atoms with Crippen LogP contribution in [0.1, 0.15) is 16.7 Å². The highest BCUT2D eigenvalue weighted by Gasteiger charge is 2.21. The first-order valence-corrected chi connectivity index (χ1v) is 7.23. The number of phenolic OH excluding ortho intramolecular Hbond substituents is 1. The van der Waals surface area contributed by atoms with Gasteiger partial charge in [-0.05, 0) is 64.4 Å². The van der Waals surface area contributed by atoms with E-state index in [1.54, 1.807) is 12.1 Å². The standard InChI is InChI=1S/C20H16O/c1-13-10-18(14-6-8-16(21)9-7-14)20-12-15-4-2-3-5-17(15)19(20)11-13/h2-11,21H,12H2,1H3. The van der Waals surface area contributed by atoms with Gasteiger partial charge in [-0.2, -0.15) is 0 Å². The van der Waals surface area contributed by atoms with E-state index in [2.05, 4.69) is 43.3 Å². The Bertz CT molecular complexity index is 829. The van der Waals surface area contributed by atoms with Crippen molar-refractivity contribution >= 4 is 0 Å². The molecule has 0 atom stereocenters. The molecule has 0 aliphatic heterocycles. The quantitative estimate of drug-likeness (QED) is 0.520. The van der Waals surface area contributed by atoms with Gasteiger partial charge in [-0.15, -0.1) is 0 Å². The zero-order valence-corrected chi connectivity index (χ0v) is 11.9. The van der Waals surface area contributed by atoms with Gasteiger partial charge < -0.3 is 5.11 Å². The van der Waals surface area contributed by atoms with Crippen molar-refractivity contribution in [3.05, 3.63) is 77.4 Å². The van der Waals surface area contributed by atoms with Crippen molar-refractivity contribution in [3.8, 4) is 28.0 Å². The number of benzene rings is 3. The fraction of sp³-hybridized carbons (Fsp3) is 0.100. The molecule has 0 amide bonds. The SMILES string of the molecule is Cc1cc(-c2ccc(O)cc2)c2c(c1)-c1ccccc1C2. The molecule has 4 rings (SSSR count). The number of rotatable bonds is 1. The van der Waals surface area contributed by atoms with Crippen LogP contribution in [0.5, 0.6) is 5.75 Å². The highest BCUT2D eigenvalue weighted by molar-refractivity contribution is 5.85. The minimum Gasteiger partial charge on any atom is -0.508 e. The summed E-state index contributed by atoms with van der Waals surface area (Å²) < 4.78 is 0. The fourth-order valence-electron chi connectivity index (χ4n) is 3.27. The Morgan fingerprint density at radius 3 is 2.33 bits per heavy atom. The molecule has 3 aromatic carbocycles. The van der Waals surface area contributed by atoms with Crippen LogP contribution in [-0.2, 0) is 6.42 Å². The molecule has 1 N–H and O–H groups in total. The third-order valence-corrected chi connectivity index (χ3v) is 4.25. The third-order valence-electron chi connectivity index (χ3n) is 4.25. The van der Waals surface area contributed by atoms with Gasteiger partial charge in [0, 0.05) is 0 Å². The molecule has 0 saturated heterocycles. The Balaban J connectivity index is 1.95. The van der Waals surface area contributed by atoms with Crippen molar-refractivity contribution in [1.29, 1.82) is 0 Å². The molecular formula is C20H16O. The average Bonchev–Trinajstić information content (AvgIpc) is 2.86. The number of hydrogen-bond acceptors (Lipinski definition) is 1. The second-order valence-corrected chi connectivity index (χ2v) is 5.72. The summed E-state index contributed by atoms with van der Waals surface area (Å²) in [6, 6.07) is 20.7. The van der Waals surface area contributed by atoms with Gasteiger partial charge >= 0.3 is 0 Å². The Morgan fingerprint density at radius 2 is 1.52 bits per heavy atom. The van der Waals surface area contributed by atoms with Crippen LogP contribution in [-0.4, -0.2) is 5.11 Å². The highest BCUT2D eigenvalue weighted by Crippen LogP contribution is 2.42. The molecule has 0 radical (unpaired) electrons. The largest absolute Gasteiger partial charge is 0.508 e. The minimum absolute atomic E-state index is 0.311. The van der Waals surface area contributed by atoms with Crippen LogP contribution >= 0.6 is 0 Å². The van der Waals surface area contributed by atoms with Gasteiger partial charge in [0.2, 0.25) is 0 Å². The van der Waals surface area contributed by atoms with E-state index in [9.17, 15) is 5.11 Å². The summed E-state index contributed by atoms with van der Waals surface area (Å²) >= 11 is 0. The van der Waals surface area contributed by atoms with Gasteiger partial charge in [-0.1, -0.05) is 48.5 Å². The maximum absolute atomic E-state index is 9.49. The lowest BCUT2D eigenvalue weighted by atomic mass is 9.93. The van der Waals surface area contributed by atoms with E-state index in [1.807, 2.05) is 12.1 Å². The van der Waals surface area contributed by atoms with Crippen LogP contribution < -0.4 is 0 Å². The van der Waals surface area contributed by atoms with Gasteiger partial charge in [-0.3, -0.25) is 0 Å². The average molecular weight is 272 g/mol.